The summed E-state index contributed by atoms with van der Waals surface area (Å²) in [5.74, 6) is 0.661. The van der Waals surface area contributed by atoms with Crippen LogP contribution in [0, 0.1) is 12.3 Å². The van der Waals surface area contributed by atoms with E-state index >= 15 is 0 Å². The molecule has 0 amide bonds. The molecular formula is C14H18ClN. The van der Waals surface area contributed by atoms with Gasteiger partial charge in [0.1, 0.15) is 0 Å². The molecule has 2 aliphatic rings. The molecule has 0 saturated carbocycles. The monoisotopic (exact) mass is 235 g/mol. The Kier molecular flexibility index (Phi) is 2.31. The van der Waals surface area contributed by atoms with Crippen molar-refractivity contribution in [3.8, 4) is 0 Å². The molecule has 1 aliphatic heterocycles. The summed E-state index contributed by atoms with van der Waals surface area (Å²) in [5.41, 5.74) is 4.57. The predicted molar refractivity (Wildman–Crippen MR) is 68.2 cm³/mol. The fourth-order valence-corrected chi connectivity index (χ4v) is 3.63. The molecule has 0 spiro atoms. The van der Waals surface area contributed by atoms with Gasteiger partial charge in [-0.1, -0.05) is 30.7 Å². The third-order valence-corrected chi connectivity index (χ3v) is 5.04. The van der Waals surface area contributed by atoms with E-state index < -0.39 is 0 Å². The highest BCUT2D eigenvalue weighted by Gasteiger charge is 2.43. The number of hydrogen-bond donors (Lipinski definition) is 1. The Morgan fingerprint density at radius 1 is 1.44 bits per heavy atom. The van der Waals surface area contributed by atoms with E-state index in [1.807, 2.05) is 0 Å². The molecule has 3 rings (SSSR count). The van der Waals surface area contributed by atoms with Gasteiger partial charge in [-0.3, -0.25) is 0 Å². The Labute approximate surface area is 102 Å². The number of rotatable bonds is 0. The molecule has 0 radical (unpaired) electrons. The normalized spacial score (nSPS) is 32.3. The molecule has 1 N–H and O–H groups in total. The molecule has 86 valence electrons. The van der Waals surface area contributed by atoms with Gasteiger partial charge in [-0.15, -0.1) is 0 Å². The van der Waals surface area contributed by atoms with Crippen molar-refractivity contribution in [2.75, 3.05) is 13.1 Å². The van der Waals surface area contributed by atoms with Crippen molar-refractivity contribution in [2.24, 2.45) is 5.41 Å². The smallest absolute Gasteiger partial charge is 0.0470 e. The SMILES string of the molecule is Cc1ccc2c(c1Cl)CC[C@@]1(C)CNCC21. The molecule has 1 fully saturated rings. The highest BCUT2D eigenvalue weighted by molar-refractivity contribution is 6.32. The Hall–Kier alpha value is -0.530. The van der Waals surface area contributed by atoms with E-state index in [1.54, 1.807) is 0 Å². The molecule has 1 heterocycles. The van der Waals surface area contributed by atoms with Gasteiger partial charge in [0.2, 0.25) is 0 Å². The van der Waals surface area contributed by atoms with Crippen molar-refractivity contribution >= 4 is 11.6 Å². The first kappa shape index (κ1) is 10.6. The third kappa shape index (κ3) is 1.34. The molecule has 1 aromatic rings. The Balaban J connectivity index is 2.14. The second-order valence-electron chi connectivity index (χ2n) is 5.60. The van der Waals surface area contributed by atoms with Crippen molar-refractivity contribution in [2.45, 2.75) is 32.6 Å². The summed E-state index contributed by atoms with van der Waals surface area (Å²) in [4.78, 5) is 0. The molecule has 16 heavy (non-hydrogen) atoms. The molecule has 1 unspecified atom stereocenters. The summed E-state index contributed by atoms with van der Waals surface area (Å²) in [7, 11) is 0. The zero-order valence-corrected chi connectivity index (χ0v) is 10.7. The third-order valence-electron chi connectivity index (χ3n) is 4.51. The van der Waals surface area contributed by atoms with Crippen LogP contribution in [-0.2, 0) is 6.42 Å². The lowest BCUT2D eigenvalue weighted by Crippen LogP contribution is -2.30. The Morgan fingerprint density at radius 2 is 2.25 bits per heavy atom. The minimum absolute atomic E-state index is 0.450. The fraction of sp³-hybridized carbons (Fsp3) is 0.571. The lowest BCUT2D eigenvalue weighted by Gasteiger charge is -2.37. The van der Waals surface area contributed by atoms with Crippen LogP contribution in [-0.4, -0.2) is 13.1 Å². The van der Waals surface area contributed by atoms with Gasteiger partial charge in [-0.25, -0.2) is 0 Å². The van der Waals surface area contributed by atoms with Crippen LogP contribution in [0.4, 0.5) is 0 Å². The summed E-state index contributed by atoms with van der Waals surface area (Å²) in [6.07, 6.45) is 2.41. The van der Waals surface area contributed by atoms with E-state index in [1.165, 1.54) is 23.1 Å². The lowest BCUT2D eigenvalue weighted by atomic mass is 9.67. The average molecular weight is 236 g/mol. The lowest BCUT2D eigenvalue weighted by molar-refractivity contribution is 0.277. The summed E-state index contributed by atoms with van der Waals surface area (Å²) in [5, 5.41) is 4.54. The first-order valence-corrected chi connectivity index (χ1v) is 6.48. The quantitative estimate of drug-likeness (QED) is 0.728. The van der Waals surface area contributed by atoms with E-state index in [0.717, 1.165) is 24.5 Å². The minimum Gasteiger partial charge on any atom is -0.316 e. The Morgan fingerprint density at radius 3 is 3.06 bits per heavy atom. The van der Waals surface area contributed by atoms with Gasteiger partial charge in [0.05, 0.1) is 0 Å². The molecule has 1 aliphatic carbocycles. The highest BCUT2D eigenvalue weighted by atomic mass is 35.5. The van der Waals surface area contributed by atoms with E-state index in [-0.39, 0.29) is 0 Å². The van der Waals surface area contributed by atoms with Crippen molar-refractivity contribution in [3.63, 3.8) is 0 Å². The topological polar surface area (TPSA) is 12.0 Å². The van der Waals surface area contributed by atoms with Crippen LogP contribution in [0.25, 0.3) is 0 Å². The average Bonchev–Trinajstić information content (AvgIpc) is 2.65. The summed E-state index contributed by atoms with van der Waals surface area (Å²) < 4.78 is 0. The van der Waals surface area contributed by atoms with Crippen LogP contribution in [0.2, 0.25) is 5.02 Å². The zero-order valence-electron chi connectivity index (χ0n) is 9.94. The van der Waals surface area contributed by atoms with Gasteiger partial charge < -0.3 is 5.32 Å². The van der Waals surface area contributed by atoms with Crippen molar-refractivity contribution in [1.82, 2.24) is 5.32 Å². The molecule has 2 heteroatoms. The second-order valence-corrected chi connectivity index (χ2v) is 5.98. The van der Waals surface area contributed by atoms with Crippen LogP contribution in [0.15, 0.2) is 12.1 Å². The van der Waals surface area contributed by atoms with E-state index in [4.69, 9.17) is 11.6 Å². The van der Waals surface area contributed by atoms with E-state index in [9.17, 15) is 0 Å². The zero-order chi connectivity index (χ0) is 11.3. The van der Waals surface area contributed by atoms with Crippen LogP contribution in [0.5, 0.6) is 0 Å². The van der Waals surface area contributed by atoms with Gasteiger partial charge in [0.25, 0.3) is 0 Å². The molecule has 2 atom stereocenters. The summed E-state index contributed by atoms with van der Waals surface area (Å²) in [6.45, 7) is 6.78. The van der Waals surface area contributed by atoms with Crippen molar-refractivity contribution in [1.29, 1.82) is 0 Å². The summed E-state index contributed by atoms with van der Waals surface area (Å²) >= 11 is 6.43. The standard InChI is InChI=1S/C14H18ClN/c1-9-3-4-10-11(13(9)15)5-6-14(2)8-16-7-12(10)14/h3-4,12,16H,5-8H2,1-2H3/t12?,14-/m0/s1. The highest BCUT2D eigenvalue weighted by Crippen LogP contribution is 2.49. The van der Waals surface area contributed by atoms with Gasteiger partial charge in [-0.05, 0) is 41.9 Å². The second kappa shape index (κ2) is 3.48. The number of aryl methyl sites for hydroxylation is 1. The van der Waals surface area contributed by atoms with Crippen LogP contribution in [0.3, 0.4) is 0 Å². The molecule has 1 saturated heterocycles. The minimum atomic E-state index is 0.450. The van der Waals surface area contributed by atoms with Gasteiger partial charge in [0, 0.05) is 24.0 Å². The van der Waals surface area contributed by atoms with Crippen molar-refractivity contribution < 1.29 is 0 Å². The first-order valence-electron chi connectivity index (χ1n) is 6.10. The predicted octanol–water partition coefficient (Wildman–Crippen LogP) is 3.29. The molecule has 0 bridgehead atoms. The van der Waals surface area contributed by atoms with Crippen LogP contribution in [0.1, 0.15) is 36.0 Å². The van der Waals surface area contributed by atoms with Crippen molar-refractivity contribution in [3.05, 3.63) is 33.8 Å². The maximum absolute atomic E-state index is 6.43. The maximum Gasteiger partial charge on any atom is 0.0470 e. The number of hydrogen-bond acceptors (Lipinski definition) is 1. The molecular weight excluding hydrogens is 218 g/mol. The summed E-state index contributed by atoms with van der Waals surface area (Å²) in [6, 6.07) is 4.47. The molecule has 1 nitrogen and oxygen atoms in total. The number of nitrogens with one attached hydrogen (secondary N) is 1. The molecule has 1 aromatic carbocycles. The van der Waals surface area contributed by atoms with Gasteiger partial charge in [-0.2, -0.15) is 0 Å². The Bertz CT molecular complexity index is 441. The van der Waals surface area contributed by atoms with Crippen LogP contribution < -0.4 is 5.32 Å². The number of halogens is 1. The maximum atomic E-state index is 6.43. The largest absolute Gasteiger partial charge is 0.316 e. The fourth-order valence-electron chi connectivity index (χ4n) is 3.36. The number of fused-ring (bicyclic) bond motifs is 3. The van der Waals surface area contributed by atoms with E-state index in [0.29, 0.717) is 11.3 Å². The van der Waals surface area contributed by atoms with Gasteiger partial charge >= 0.3 is 0 Å². The van der Waals surface area contributed by atoms with E-state index in [2.05, 4.69) is 31.3 Å². The van der Waals surface area contributed by atoms with Crippen LogP contribution >= 0.6 is 11.6 Å². The first-order chi connectivity index (χ1) is 7.62. The molecule has 0 aromatic heterocycles. The van der Waals surface area contributed by atoms with Gasteiger partial charge in [0.15, 0.2) is 0 Å². The number of benzene rings is 1.